The summed E-state index contributed by atoms with van der Waals surface area (Å²) >= 11 is 5.22. The van der Waals surface area contributed by atoms with Crippen molar-refractivity contribution in [2.45, 2.75) is 26.4 Å². The molecule has 6 heteroatoms. The first kappa shape index (κ1) is 17.1. The van der Waals surface area contributed by atoms with E-state index in [1.54, 1.807) is 10.9 Å². The molecule has 0 amide bonds. The highest BCUT2D eigenvalue weighted by Gasteiger charge is 2.08. The van der Waals surface area contributed by atoms with Crippen LogP contribution in [0.3, 0.4) is 0 Å². The Morgan fingerprint density at radius 3 is 2.56 bits per heavy atom. The average Bonchev–Trinajstić information content (AvgIpc) is 3.01. The van der Waals surface area contributed by atoms with Gasteiger partial charge in [0.25, 0.3) is 0 Å². The molecule has 128 valence electrons. The molecule has 1 aromatic heterocycles. The highest BCUT2D eigenvalue weighted by Crippen LogP contribution is 2.14. The number of H-pyrrole nitrogens is 1. The number of hydrogen-bond acceptors (Lipinski definition) is 4. The van der Waals surface area contributed by atoms with E-state index in [9.17, 15) is 0 Å². The first-order chi connectivity index (χ1) is 12.1. The van der Waals surface area contributed by atoms with Gasteiger partial charge < -0.3 is 4.74 Å². The Hall–Kier alpha value is -2.73. The summed E-state index contributed by atoms with van der Waals surface area (Å²) in [6.45, 7) is 4.65. The third-order valence-corrected chi connectivity index (χ3v) is 3.91. The highest BCUT2D eigenvalue weighted by molar-refractivity contribution is 7.71. The van der Waals surface area contributed by atoms with Gasteiger partial charge >= 0.3 is 0 Å². The molecule has 1 heterocycles. The summed E-state index contributed by atoms with van der Waals surface area (Å²) in [6.07, 6.45) is 1.76. The van der Waals surface area contributed by atoms with Gasteiger partial charge in [0.05, 0.1) is 6.21 Å². The quantitative estimate of drug-likeness (QED) is 0.524. The van der Waals surface area contributed by atoms with Crippen LogP contribution in [0, 0.1) is 4.77 Å². The van der Waals surface area contributed by atoms with Crippen LogP contribution in [0.5, 0.6) is 5.75 Å². The van der Waals surface area contributed by atoms with Crippen LogP contribution in [0.1, 0.15) is 36.7 Å². The minimum atomic E-state index is 0.235. The number of aromatic amines is 1. The molecule has 0 aliphatic heterocycles. The number of nitrogens with zero attached hydrogens (tertiary/aromatic N) is 3. The zero-order valence-electron chi connectivity index (χ0n) is 14.2. The van der Waals surface area contributed by atoms with Crippen molar-refractivity contribution < 1.29 is 4.74 Å². The summed E-state index contributed by atoms with van der Waals surface area (Å²) in [7, 11) is 0. The lowest BCUT2D eigenvalue weighted by Crippen LogP contribution is -2.01. The molecule has 0 bridgehead atoms. The van der Waals surface area contributed by atoms with Crippen molar-refractivity contribution in [3.8, 4) is 5.75 Å². The lowest BCUT2D eigenvalue weighted by molar-refractivity contribution is 0.306. The average molecular weight is 352 g/mol. The molecule has 0 spiro atoms. The maximum atomic E-state index is 5.79. The Kier molecular flexibility index (Phi) is 5.40. The van der Waals surface area contributed by atoms with Gasteiger partial charge in [0.2, 0.25) is 4.77 Å². The van der Waals surface area contributed by atoms with Crippen LogP contribution in [-0.2, 0) is 6.61 Å². The van der Waals surface area contributed by atoms with Crippen molar-refractivity contribution in [3.63, 3.8) is 0 Å². The van der Waals surface area contributed by atoms with E-state index in [0.717, 1.165) is 22.7 Å². The Labute approximate surface area is 152 Å². The molecule has 0 saturated carbocycles. The molecular weight excluding hydrogens is 332 g/mol. The maximum absolute atomic E-state index is 5.79. The Morgan fingerprint density at radius 2 is 1.88 bits per heavy atom. The lowest BCUT2D eigenvalue weighted by Gasteiger charge is -2.06. The molecule has 3 aromatic rings. The van der Waals surface area contributed by atoms with Crippen LogP contribution in [0.2, 0.25) is 0 Å². The second-order valence-electron chi connectivity index (χ2n) is 5.94. The van der Waals surface area contributed by atoms with Crippen LogP contribution < -0.4 is 4.74 Å². The summed E-state index contributed by atoms with van der Waals surface area (Å²) in [5, 5.41) is 11.4. The largest absolute Gasteiger partial charge is 0.489 e. The first-order valence-electron chi connectivity index (χ1n) is 8.12. The fraction of sp³-hybridized carbons (Fsp3) is 0.211. The number of hydrogen-bond donors (Lipinski definition) is 1. The number of rotatable bonds is 6. The molecule has 5 nitrogen and oxygen atoms in total. The normalized spacial score (nSPS) is 11.3. The standard InChI is InChI=1S/C19H20N4OS/c1-14(2)18-21-22-19(25)23(18)20-12-15-8-10-17(11-9-15)24-13-16-6-4-3-5-7-16/h3-12,14H,13H2,1-2H3,(H,22,25)/b20-12-. The van der Waals surface area contributed by atoms with E-state index in [4.69, 9.17) is 17.0 Å². The van der Waals surface area contributed by atoms with Gasteiger partial charge in [0.15, 0.2) is 5.82 Å². The Bertz CT molecular complexity index is 895. The van der Waals surface area contributed by atoms with Gasteiger partial charge in [-0.25, -0.2) is 0 Å². The van der Waals surface area contributed by atoms with Crippen LogP contribution in [0.4, 0.5) is 0 Å². The molecule has 0 saturated heterocycles. The molecule has 0 unspecified atom stereocenters. The minimum Gasteiger partial charge on any atom is -0.489 e. The second kappa shape index (κ2) is 7.90. The van der Waals surface area contributed by atoms with Gasteiger partial charge in [-0.2, -0.15) is 14.9 Å². The van der Waals surface area contributed by atoms with E-state index < -0.39 is 0 Å². The van der Waals surface area contributed by atoms with E-state index in [0.29, 0.717) is 11.4 Å². The van der Waals surface area contributed by atoms with E-state index in [2.05, 4.69) is 29.1 Å². The number of aromatic nitrogens is 3. The third kappa shape index (κ3) is 4.42. The molecule has 0 atom stereocenters. The minimum absolute atomic E-state index is 0.235. The zero-order valence-corrected chi connectivity index (χ0v) is 15.0. The van der Waals surface area contributed by atoms with Crippen molar-refractivity contribution in [3.05, 3.63) is 76.3 Å². The van der Waals surface area contributed by atoms with Crippen LogP contribution >= 0.6 is 12.2 Å². The van der Waals surface area contributed by atoms with E-state index in [1.165, 1.54) is 0 Å². The molecule has 2 aromatic carbocycles. The highest BCUT2D eigenvalue weighted by atomic mass is 32.1. The monoisotopic (exact) mass is 352 g/mol. The van der Waals surface area contributed by atoms with Gasteiger partial charge in [-0.1, -0.05) is 44.2 Å². The van der Waals surface area contributed by atoms with Gasteiger partial charge in [-0.15, -0.1) is 0 Å². The second-order valence-corrected chi connectivity index (χ2v) is 6.33. The van der Waals surface area contributed by atoms with Gasteiger partial charge in [0.1, 0.15) is 12.4 Å². The van der Waals surface area contributed by atoms with Crippen molar-refractivity contribution in [2.75, 3.05) is 0 Å². The predicted molar refractivity (Wildman–Crippen MR) is 102 cm³/mol. The van der Waals surface area contributed by atoms with Gasteiger partial charge in [0, 0.05) is 5.92 Å². The summed E-state index contributed by atoms with van der Waals surface area (Å²) in [4.78, 5) is 0. The van der Waals surface area contributed by atoms with Crippen molar-refractivity contribution >= 4 is 18.4 Å². The van der Waals surface area contributed by atoms with Crippen molar-refractivity contribution in [2.24, 2.45) is 5.10 Å². The predicted octanol–water partition coefficient (Wildman–Crippen LogP) is 4.53. The van der Waals surface area contributed by atoms with Crippen LogP contribution in [0.25, 0.3) is 0 Å². The van der Waals surface area contributed by atoms with E-state index in [-0.39, 0.29) is 5.92 Å². The molecule has 0 aliphatic carbocycles. The topological polar surface area (TPSA) is 55.2 Å². The number of nitrogens with one attached hydrogen (secondary N) is 1. The summed E-state index contributed by atoms with van der Waals surface area (Å²) in [6, 6.07) is 17.9. The van der Waals surface area contributed by atoms with Crippen molar-refractivity contribution in [1.82, 2.24) is 14.9 Å². The number of benzene rings is 2. The smallest absolute Gasteiger partial charge is 0.216 e. The SMILES string of the molecule is CC(C)c1n[nH]c(=S)n1/N=C\c1ccc(OCc2ccccc2)cc1. The molecule has 1 N–H and O–H groups in total. The molecule has 25 heavy (non-hydrogen) atoms. The fourth-order valence-electron chi connectivity index (χ4n) is 2.30. The first-order valence-corrected chi connectivity index (χ1v) is 8.53. The lowest BCUT2D eigenvalue weighted by atomic mass is 10.2. The van der Waals surface area contributed by atoms with Gasteiger partial charge in [-0.05, 0) is 47.6 Å². The summed E-state index contributed by atoms with van der Waals surface area (Å²) in [5.74, 6) is 1.87. The molecule has 3 rings (SSSR count). The number of ether oxygens (including phenoxy) is 1. The van der Waals surface area contributed by atoms with E-state index in [1.807, 2.05) is 54.6 Å². The Balaban J connectivity index is 1.67. The van der Waals surface area contributed by atoms with Crippen LogP contribution in [0.15, 0.2) is 59.7 Å². The molecular formula is C19H20N4OS. The molecule has 0 fully saturated rings. The third-order valence-electron chi connectivity index (χ3n) is 3.64. The summed E-state index contributed by atoms with van der Waals surface area (Å²) < 4.78 is 7.93. The zero-order chi connectivity index (χ0) is 17.6. The molecule has 0 aliphatic rings. The van der Waals surface area contributed by atoms with Crippen LogP contribution in [-0.4, -0.2) is 21.1 Å². The molecule has 0 radical (unpaired) electrons. The Morgan fingerprint density at radius 1 is 1.16 bits per heavy atom. The maximum Gasteiger partial charge on any atom is 0.216 e. The summed E-state index contributed by atoms with van der Waals surface area (Å²) in [5.41, 5.74) is 2.11. The van der Waals surface area contributed by atoms with E-state index >= 15 is 0 Å². The fourth-order valence-corrected chi connectivity index (χ4v) is 2.49. The van der Waals surface area contributed by atoms with Gasteiger partial charge in [-0.3, -0.25) is 5.10 Å². The van der Waals surface area contributed by atoms with Crippen molar-refractivity contribution in [1.29, 1.82) is 0 Å².